The molecule has 0 amide bonds. The Kier molecular flexibility index (Phi) is 4.94. The fraction of sp³-hybridized carbons (Fsp3) is 0.167. The van der Waals surface area contributed by atoms with Crippen molar-refractivity contribution in [3.8, 4) is 0 Å². The van der Waals surface area contributed by atoms with E-state index >= 15 is 0 Å². The largest absolute Gasteiger partial charge is 0.322 e. The molecule has 0 aliphatic carbocycles. The quantitative estimate of drug-likeness (QED) is 0.286. The molecular weight excluding hydrogens is 314 g/mol. The maximum Gasteiger partial charge on any atom is 0.322 e. The van der Waals surface area contributed by atoms with Gasteiger partial charge in [0.25, 0.3) is 0 Å². The number of aryl methyl sites for hydroxylation is 1. The first-order valence-corrected chi connectivity index (χ1v) is 7.24. The van der Waals surface area contributed by atoms with Gasteiger partial charge in [-0.1, -0.05) is 35.5 Å². The van der Waals surface area contributed by atoms with Gasteiger partial charge in [0.1, 0.15) is 5.69 Å². The summed E-state index contributed by atoms with van der Waals surface area (Å²) in [6, 6.07) is 7.25. The van der Waals surface area contributed by atoms with E-state index in [1.54, 1.807) is 19.1 Å². The predicted molar refractivity (Wildman–Crippen MR) is 82.2 cm³/mol. The first-order valence-electron chi connectivity index (χ1n) is 5.88. The lowest BCUT2D eigenvalue weighted by Crippen LogP contribution is -2.12. The van der Waals surface area contributed by atoms with Gasteiger partial charge in [-0.2, -0.15) is 4.98 Å². The molecule has 110 valence electrons. The Morgan fingerprint density at radius 3 is 2.62 bits per heavy atom. The van der Waals surface area contributed by atoms with Crippen LogP contribution in [0.2, 0.25) is 5.02 Å². The van der Waals surface area contributed by atoms with E-state index in [1.807, 2.05) is 12.1 Å². The van der Waals surface area contributed by atoms with Crippen molar-refractivity contribution in [2.24, 2.45) is 5.84 Å². The number of aromatic nitrogens is 2. The zero-order chi connectivity index (χ0) is 15.4. The Morgan fingerprint density at radius 2 is 2.05 bits per heavy atom. The molecule has 0 spiro atoms. The van der Waals surface area contributed by atoms with Crippen molar-refractivity contribution in [3.05, 3.63) is 50.7 Å². The normalized spacial score (nSPS) is 10.4. The molecule has 1 aromatic heterocycles. The van der Waals surface area contributed by atoms with Crippen LogP contribution in [-0.2, 0) is 5.75 Å². The molecule has 21 heavy (non-hydrogen) atoms. The lowest BCUT2D eigenvalue weighted by Gasteiger charge is -2.07. The van der Waals surface area contributed by atoms with Gasteiger partial charge in [0, 0.05) is 10.8 Å². The van der Waals surface area contributed by atoms with Crippen molar-refractivity contribution in [1.29, 1.82) is 0 Å². The molecule has 2 aromatic rings. The van der Waals surface area contributed by atoms with Gasteiger partial charge in [0.15, 0.2) is 5.03 Å². The number of benzene rings is 1. The van der Waals surface area contributed by atoms with Crippen molar-refractivity contribution in [1.82, 2.24) is 9.97 Å². The van der Waals surface area contributed by atoms with E-state index in [9.17, 15) is 10.1 Å². The molecule has 0 fully saturated rings. The van der Waals surface area contributed by atoms with Crippen LogP contribution < -0.4 is 11.3 Å². The average Bonchev–Trinajstić information content (AvgIpc) is 2.45. The SMILES string of the molecule is Cc1nc(NN)nc(SCc2ccc(Cl)cc2)c1[N+](=O)[O-]. The Bertz CT molecular complexity index is 665. The molecule has 7 nitrogen and oxygen atoms in total. The molecule has 0 unspecified atom stereocenters. The number of nitrogens with zero attached hydrogens (tertiary/aromatic N) is 3. The minimum Gasteiger partial charge on any atom is -0.292 e. The zero-order valence-corrected chi connectivity index (χ0v) is 12.6. The van der Waals surface area contributed by atoms with E-state index in [2.05, 4.69) is 15.4 Å². The summed E-state index contributed by atoms with van der Waals surface area (Å²) in [5.41, 5.74) is 3.45. The number of hydrazine groups is 1. The molecule has 1 aromatic carbocycles. The zero-order valence-electron chi connectivity index (χ0n) is 11.0. The summed E-state index contributed by atoms with van der Waals surface area (Å²) >= 11 is 7.06. The molecule has 9 heteroatoms. The molecular formula is C12H12ClN5O2S. The van der Waals surface area contributed by atoms with E-state index in [0.29, 0.717) is 10.8 Å². The van der Waals surface area contributed by atoms with Crippen LogP contribution in [0.1, 0.15) is 11.3 Å². The van der Waals surface area contributed by atoms with Crippen LogP contribution in [-0.4, -0.2) is 14.9 Å². The Morgan fingerprint density at radius 1 is 1.38 bits per heavy atom. The Balaban J connectivity index is 2.27. The summed E-state index contributed by atoms with van der Waals surface area (Å²) in [5, 5.41) is 12.1. The van der Waals surface area contributed by atoms with Gasteiger partial charge in [-0.05, 0) is 24.6 Å². The Labute approximate surface area is 130 Å². The third-order valence-electron chi connectivity index (χ3n) is 2.63. The minimum absolute atomic E-state index is 0.104. The number of nitrogens with two attached hydrogens (primary N) is 1. The van der Waals surface area contributed by atoms with Crippen molar-refractivity contribution in [2.75, 3.05) is 5.43 Å². The molecule has 0 aliphatic heterocycles. The first kappa shape index (κ1) is 15.5. The average molecular weight is 326 g/mol. The number of rotatable bonds is 5. The number of halogens is 1. The van der Waals surface area contributed by atoms with Gasteiger partial charge >= 0.3 is 5.69 Å². The molecule has 1 heterocycles. The number of anilines is 1. The third kappa shape index (κ3) is 3.81. The summed E-state index contributed by atoms with van der Waals surface area (Å²) in [6.45, 7) is 1.55. The van der Waals surface area contributed by atoms with Crippen molar-refractivity contribution >= 4 is 35.0 Å². The fourth-order valence-corrected chi connectivity index (χ4v) is 2.78. The summed E-state index contributed by atoms with van der Waals surface area (Å²) in [6.07, 6.45) is 0. The van der Waals surface area contributed by atoms with Gasteiger partial charge in [-0.25, -0.2) is 10.8 Å². The maximum absolute atomic E-state index is 11.1. The second-order valence-corrected chi connectivity index (χ2v) is 5.50. The molecule has 0 bridgehead atoms. The highest BCUT2D eigenvalue weighted by Gasteiger charge is 2.22. The van der Waals surface area contributed by atoms with Crippen LogP contribution in [0.4, 0.5) is 11.6 Å². The molecule has 0 saturated heterocycles. The highest BCUT2D eigenvalue weighted by Crippen LogP contribution is 2.32. The lowest BCUT2D eigenvalue weighted by molar-refractivity contribution is -0.389. The summed E-state index contributed by atoms with van der Waals surface area (Å²) in [4.78, 5) is 18.6. The summed E-state index contributed by atoms with van der Waals surface area (Å²) < 4.78 is 0. The topological polar surface area (TPSA) is 107 Å². The van der Waals surface area contributed by atoms with Crippen LogP contribution in [0.3, 0.4) is 0 Å². The van der Waals surface area contributed by atoms with E-state index in [1.165, 1.54) is 11.8 Å². The number of hydrogen-bond donors (Lipinski definition) is 2. The highest BCUT2D eigenvalue weighted by atomic mass is 35.5. The van der Waals surface area contributed by atoms with E-state index < -0.39 is 4.92 Å². The smallest absolute Gasteiger partial charge is 0.292 e. The highest BCUT2D eigenvalue weighted by molar-refractivity contribution is 7.98. The number of nitrogens with one attached hydrogen (secondary N) is 1. The minimum atomic E-state index is -0.486. The first-order chi connectivity index (χ1) is 10.0. The van der Waals surface area contributed by atoms with Crippen LogP contribution in [0, 0.1) is 17.0 Å². The van der Waals surface area contributed by atoms with Crippen LogP contribution in [0.25, 0.3) is 0 Å². The maximum atomic E-state index is 11.1. The van der Waals surface area contributed by atoms with Gasteiger partial charge in [0.05, 0.1) is 4.92 Å². The molecule has 0 atom stereocenters. The van der Waals surface area contributed by atoms with Crippen molar-refractivity contribution in [2.45, 2.75) is 17.7 Å². The van der Waals surface area contributed by atoms with Gasteiger partial charge in [-0.3, -0.25) is 15.5 Å². The van der Waals surface area contributed by atoms with E-state index in [-0.39, 0.29) is 22.4 Å². The fourth-order valence-electron chi connectivity index (χ4n) is 1.65. The molecule has 2 rings (SSSR count). The molecule has 3 N–H and O–H groups in total. The van der Waals surface area contributed by atoms with Gasteiger partial charge in [0.2, 0.25) is 5.95 Å². The van der Waals surface area contributed by atoms with Gasteiger partial charge < -0.3 is 0 Å². The van der Waals surface area contributed by atoms with E-state index in [4.69, 9.17) is 17.4 Å². The molecule has 0 saturated carbocycles. The second kappa shape index (κ2) is 6.70. The number of nitro groups is 1. The Hall–Kier alpha value is -1.90. The van der Waals surface area contributed by atoms with Crippen LogP contribution >= 0.6 is 23.4 Å². The number of hydrogen-bond acceptors (Lipinski definition) is 7. The predicted octanol–water partition coefficient (Wildman–Crippen LogP) is 2.92. The van der Waals surface area contributed by atoms with E-state index in [0.717, 1.165) is 5.56 Å². The third-order valence-corrected chi connectivity index (χ3v) is 3.91. The molecule has 0 radical (unpaired) electrons. The van der Waals surface area contributed by atoms with Crippen LogP contribution in [0.15, 0.2) is 29.3 Å². The van der Waals surface area contributed by atoms with Crippen molar-refractivity contribution in [3.63, 3.8) is 0 Å². The monoisotopic (exact) mass is 325 g/mol. The number of thioether (sulfide) groups is 1. The van der Waals surface area contributed by atoms with Crippen molar-refractivity contribution < 1.29 is 4.92 Å². The molecule has 0 aliphatic rings. The summed E-state index contributed by atoms with van der Waals surface area (Å²) in [7, 11) is 0. The lowest BCUT2D eigenvalue weighted by atomic mass is 10.2. The van der Waals surface area contributed by atoms with Crippen LogP contribution in [0.5, 0.6) is 0 Å². The standard InChI is InChI=1S/C12H12ClN5O2S/c1-7-10(18(19)20)11(16-12(15-7)17-14)21-6-8-2-4-9(13)5-3-8/h2-5H,6,14H2,1H3,(H,15,16,17). The van der Waals surface area contributed by atoms with Gasteiger partial charge in [-0.15, -0.1) is 0 Å². The summed E-state index contributed by atoms with van der Waals surface area (Å²) in [5.74, 6) is 5.94. The second-order valence-electron chi connectivity index (χ2n) is 4.10. The number of nitrogen functional groups attached to an aromatic ring is 1.